The highest BCUT2D eigenvalue weighted by Gasteiger charge is 2.15. The molecule has 1 atom stereocenters. The first-order chi connectivity index (χ1) is 7.13. The van der Waals surface area contributed by atoms with Gasteiger partial charge in [-0.15, -0.1) is 0 Å². The van der Waals surface area contributed by atoms with Crippen molar-refractivity contribution in [1.29, 1.82) is 0 Å². The fourth-order valence-corrected chi connectivity index (χ4v) is 1.56. The molecule has 1 unspecified atom stereocenters. The van der Waals surface area contributed by atoms with Crippen molar-refractivity contribution in [2.24, 2.45) is 0 Å². The number of halogens is 1. The molecule has 0 aliphatic carbocycles. The van der Waals surface area contributed by atoms with Crippen LogP contribution in [-0.2, 0) is 6.42 Å². The summed E-state index contributed by atoms with van der Waals surface area (Å²) in [7, 11) is 1.44. The molecule has 15 heavy (non-hydrogen) atoms. The Morgan fingerprint density at radius 2 is 2.13 bits per heavy atom. The number of benzene rings is 1. The third-order valence-corrected chi connectivity index (χ3v) is 2.55. The summed E-state index contributed by atoms with van der Waals surface area (Å²) in [5, 5.41) is 9.08. The minimum Gasteiger partial charge on any atom is -0.493 e. The lowest BCUT2D eigenvalue weighted by Gasteiger charge is -2.15. The molecule has 84 valence electrons. The first-order valence-electron chi connectivity index (χ1n) is 5.11. The van der Waals surface area contributed by atoms with Crippen molar-refractivity contribution >= 4 is 0 Å². The van der Waals surface area contributed by atoms with Crippen LogP contribution in [0.1, 0.15) is 30.9 Å². The third-order valence-electron chi connectivity index (χ3n) is 2.55. The molecule has 0 radical (unpaired) electrons. The molecule has 0 heterocycles. The molecule has 0 fully saturated rings. The van der Waals surface area contributed by atoms with E-state index in [1.165, 1.54) is 13.2 Å². The van der Waals surface area contributed by atoms with E-state index in [2.05, 4.69) is 0 Å². The molecule has 0 aromatic heterocycles. The minimum absolute atomic E-state index is 0.0109. The fraction of sp³-hybridized carbons (Fsp3) is 0.500. The number of aliphatic hydroxyl groups is 1. The Morgan fingerprint density at radius 3 is 2.60 bits per heavy atom. The lowest BCUT2D eigenvalue weighted by Crippen LogP contribution is -2.04. The van der Waals surface area contributed by atoms with E-state index >= 15 is 0 Å². The monoisotopic (exact) mass is 212 g/mol. The highest BCUT2D eigenvalue weighted by molar-refractivity contribution is 5.41. The van der Waals surface area contributed by atoms with Crippen LogP contribution in [0.3, 0.4) is 0 Å². The molecule has 0 aliphatic rings. The van der Waals surface area contributed by atoms with Crippen LogP contribution in [0.5, 0.6) is 5.75 Å². The van der Waals surface area contributed by atoms with Gasteiger partial charge in [0.05, 0.1) is 7.11 Å². The minimum atomic E-state index is -0.354. The van der Waals surface area contributed by atoms with Crippen molar-refractivity contribution in [3.63, 3.8) is 0 Å². The summed E-state index contributed by atoms with van der Waals surface area (Å²) in [6.45, 7) is 3.80. The van der Waals surface area contributed by atoms with Gasteiger partial charge in [-0.05, 0) is 18.1 Å². The van der Waals surface area contributed by atoms with Gasteiger partial charge < -0.3 is 9.84 Å². The van der Waals surface area contributed by atoms with Gasteiger partial charge in [0.1, 0.15) is 0 Å². The number of aryl methyl sites for hydroxylation is 1. The number of hydrogen-bond donors (Lipinski definition) is 1. The predicted octanol–water partition coefficient (Wildman–Crippen LogP) is 2.49. The highest BCUT2D eigenvalue weighted by Crippen LogP contribution is 2.30. The van der Waals surface area contributed by atoms with E-state index in [9.17, 15) is 4.39 Å². The summed E-state index contributed by atoms with van der Waals surface area (Å²) in [6.07, 6.45) is 0.770. The van der Waals surface area contributed by atoms with E-state index < -0.39 is 0 Å². The Labute approximate surface area is 89.7 Å². The first kappa shape index (κ1) is 12.0. The Kier molecular flexibility index (Phi) is 4.09. The lowest BCUT2D eigenvalue weighted by molar-refractivity contribution is 0.268. The quantitative estimate of drug-likeness (QED) is 0.830. The van der Waals surface area contributed by atoms with E-state index in [1.54, 1.807) is 0 Å². The predicted molar refractivity (Wildman–Crippen MR) is 57.8 cm³/mol. The summed E-state index contributed by atoms with van der Waals surface area (Å²) in [4.78, 5) is 0. The van der Waals surface area contributed by atoms with Crippen LogP contribution >= 0.6 is 0 Å². The summed E-state index contributed by atoms with van der Waals surface area (Å²) >= 11 is 0. The van der Waals surface area contributed by atoms with Gasteiger partial charge in [0.25, 0.3) is 0 Å². The van der Waals surface area contributed by atoms with Crippen molar-refractivity contribution in [3.05, 3.63) is 29.1 Å². The maximum atomic E-state index is 13.6. The summed E-state index contributed by atoms with van der Waals surface area (Å²) < 4.78 is 18.6. The van der Waals surface area contributed by atoms with Crippen LogP contribution in [0.25, 0.3) is 0 Å². The summed E-state index contributed by atoms with van der Waals surface area (Å²) in [6, 6.07) is 3.37. The van der Waals surface area contributed by atoms with Gasteiger partial charge >= 0.3 is 0 Å². The Hall–Kier alpha value is -1.09. The Balaban J connectivity index is 3.25. The molecule has 0 aliphatic heterocycles. The third kappa shape index (κ3) is 2.48. The molecule has 1 N–H and O–H groups in total. The van der Waals surface area contributed by atoms with Gasteiger partial charge in [-0.1, -0.05) is 19.9 Å². The molecule has 0 saturated heterocycles. The lowest BCUT2D eigenvalue weighted by atomic mass is 9.97. The van der Waals surface area contributed by atoms with Crippen LogP contribution < -0.4 is 4.74 Å². The van der Waals surface area contributed by atoms with Gasteiger partial charge in [-0.3, -0.25) is 0 Å². The molecule has 0 amide bonds. The standard InChI is InChI=1S/C12H17FO2/c1-4-9-5-10(8(2)7-14)12(15-3)11(13)6-9/h5-6,8,14H,4,7H2,1-3H3. The molecular formula is C12H17FO2. The zero-order valence-electron chi connectivity index (χ0n) is 9.38. The zero-order chi connectivity index (χ0) is 11.4. The number of methoxy groups -OCH3 is 1. The largest absolute Gasteiger partial charge is 0.493 e. The average molecular weight is 212 g/mol. The van der Waals surface area contributed by atoms with Crippen LogP contribution in [0.15, 0.2) is 12.1 Å². The molecule has 1 aromatic rings. The fourth-order valence-electron chi connectivity index (χ4n) is 1.56. The van der Waals surface area contributed by atoms with Gasteiger partial charge in [0.2, 0.25) is 0 Å². The highest BCUT2D eigenvalue weighted by atomic mass is 19.1. The van der Waals surface area contributed by atoms with Gasteiger partial charge in [0, 0.05) is 18.1 Å². The summed E-state index contributed by atoms with van der Waals surface area (Å²) in [5.41, 5.74) is 1.65. The molecule has 3 heteroatoms. The van der Waals surface area contributed by atoms with Gasteiger partial charge in [-0.2, -0.15) is 0 Å². The maximum absolute atomic E-state index is 13.6. The average Bonchev–Trinajstić information content (AvgIpc) is 2.26. The van der Waals surface area contributed by atoms with Crippen molar-refractivity contribution in [3.8, 4) is 5.75 Å². The van der Waals surface area contributed by atoms with Gasteiger partial charge in [-0.25, -0.2) is 4.39 Å². The van der Waals surface area contributed by atoms with Crippen LogP contribution in [0.4, 0.5) is 4.39 Å². The number of aliphatic hydroxyl groups excluding tert-OH is 1. The van der Waals surface area contributed by atoms with Crippen LogP contribution in [0.2, 0.25) is 0 Å². The smallest absolute Gasteiger partial charge is 0.165 e. The maximum Gasteiger partial charge on any atom is 0.165 e. The van der Waals surface area contributed by atoms with Crippen LogP contribution in [0, 0.1) is 5.82 Å². The topological polar surface area (TPSA) is 29.5 Å². The number of hydrogen-bond acceptors (Lipinski definition) is 2. The van der Waals surface area contributed by atoms with E-state index in [1.807, 2.05) is 19.9 Å². The Bertz CT molecular complexity index is 337. The number of ether oxygens (including phenoxy) is 1. The molecule has 2 nitrogen and oxygen atoms in total. The first-order valence-corrected chi connectivity index (χ1v) is 5.11. The van der Waals surface area contributed by atoms with Gasteiger partial charge in [0.15, 0.2) is 11.6 Å². The van der Waals surface area contributed by atoms with Crippen molar-refractivity contribution in [2.45, 2.75) is 26.2 Å². The summed E-state index contributed by atoms with van der Waals surface area (Å²) in [5.74, 6) is -0.221. The van der Waals surface area contributed by atoms with E-state index in [-0.39, 0.29) is 24.1 Å². The Morgan fingerprint density at radius 1 is 1.47 bits per heavy atom. The molecule has 1 rings (SSSR count). The van der Waals surface area contributed by atoms with E-state index in [0.29, 0.717) is 0 Å². The second kappa shape index (κ2) is 5.12. The van der Waals surface area contributed by atoms with Crippen molar-refractivity contribution in [2.75, 3.05) is 13.7 Å². The van der Waals surface area contributed by atoms with E-state index in [0.717, 1.165) is 17.5 Å². The zero-order valence-corrected chi connectivity index (χ0v) is 9.38. The SMILES string of the molecule is CCc1cc(F)c(OC)c(C(C)CO)c1. The van der Waals surface area contributed by atoms with Crippen LogP contribution in [-0.4, -0.2) is 18.8 Å². The second-order valence-corrected chi connectivity index (χ2v) is 3.64. The molecular weight excluding hydrogens is 195 g/mol. The van der Waals surface area contributed by atoms with Crippen molar-refractivity contribution in [1.82, 2.24) is 0 Å². The molecule has 0 saturated carbocycles. The number of rotatable bonds is 4. The second-order valence-electron chi connectivity index (χ2n) is 3.64. The van der Waals surface area contributed by atoms with E-state index in [4.69, 9.17) is 9.84 Å². The molecule has 1 aromatic carbocycles. The normalized spacial score (nSPS) is 12.6. The van der Waals surface area contributed by atoms with Crippen molar-refractivity contribution < 1.29 is 14.2 Å². The molecule has 0 bridgehead atoms. The molecule has 0 spiro atoms.